The molecule has 24 heavy (non-hydrogen) atoms. The van der Waals surface area contributed by atoms with Gasteiger partial charge in [0, 0.05) is 32.1 Å². The van der Waals surface area contributed by atoms with E-state index in [4.69, 9.17) is 4.74 Å². The molecule has 0 N–H and O–H groups in total. The Bertz CT molecular complexity index is 452. The molecule has 2 fully saturated rings. The van der Waals surface area contributed by atoms with E-state index in [-0.39, 0.29) is 17.7 Å². The average molecular weight is 337 g/mol. The molecule has 136 valence electrons. The van der Waals surface area contributed by atoms with Crippen molar-refractivity contribution >= 4 is 11.8 Å². The first-order valence-corrected chi connectivity index (χ1v) is 9.02. The molecule has 2 saturated heterocycles. The van der Waals surface area contributed by atoms with Gasteiger partial charge in [-0.05, 0) is 39.8 Å². The summed E-state index contributed by atoms with van der Waals surface area (Å²) in [4.78, 5) is 30.9. The molecule has 6 heteroatoms. The Labute approximate surface area is 145 Å². The van der Waals surface area contributed by atoms with Crippen LogP contribution in [0.15, 0.2) is 12.2 Å². The molecule has 2 amide bonds. The van der Waals surface area contributed by atoms with Gasteiger partial charge in [0.15, 0.2) is 0 Å². The largest absolute Gasteiger partial charge is 0.378 e. The Morgan fingerprint density at radius 3 is 2.33 bits per heavy atom. The van der Waals surface area contributed by atoms with Crippen molar-refractivity contribution in [2.45, 2.75) is 26.7 Å². The van der Waals surface area contributed by atoms with E-state index in [2.05, 4.69) is 11.5 Å². The van der Waals surface area contributed by atoms with E-state index in [1.54, 1.807) is 0 Å². The van der Waals surface area contributed by atoms with Crippen LogP contribution < -0.4 is 0 Å². The zero-order valence-corrected chi connectivity index (χ0v) is 15.1. The zero-order valence-electron chi connectivity index (χ0n) is 15.1. The molecule has 0 aliphatic carbocycles. The summed E-state index contributed by atoms with van der Waals surface area (Å²) in [5.74, 6) is 0.521. The van der Waals surface area contributed by atoms with E-state index in [9.17, 15) is 9.59 Å². The molecule has 0 aromatic carbocycles. The summed E-state index contributed by atoms with van der Waals surface area (Å²) < 4.78 is 5.31. The second-order valence-corrected chi connectivity index (χ2v) is 6.85. The number of ether oxygens (including phenoxy) is 1. The number of nitrogens with zero attached hydrogens (tertiary/aromatic N) is 3. The zero-order chi connectivity index (χ0) is 17.5. The molecule has 2 aliphatic heterocycles. The summed E-state index contributed by atoms with van der Waals surface area (Å²) in [6.07, 6.45) is 1.69. The predicted molar refractivity (Wildman–Crippen MR) is 93.6 cm³/mol. The fourth-order valence-corrected chi connectivity index (χ4v) is 3.37. The normalized spacial score (nSPS) is 20.0. The second kappa shape index (κ2) is 9.18. The summed E-state index contributed by atoms with van der Waals surface area (Å²) in [5.41, 5.74) is 1.00. The van der Waals surface area contributed by atoms with Gasteiger partial charge in [-0.15, -0.1) is 0 Å². The van der Waals surface area contributed by atoms with Crippen molar-refractivity contribution in [3.8, 4) is 0 Å². The number of morpholine rings is 1. The van der Waals surface area contributed by atoms with Gasteiger partial charge in [0.25, 0.3) is 0 Å². The van der Waals surface area contributed by atoms with Gasteiger partial charge in [-0.3, -0.25) is 14.5 Å². The fourth-order valence-electron chi connectivity index (χ4n) is 3.37. The van der Waals surface area contributed by atoms with E-state index in [0.717, 1.165) is 31.5 Å². The minimum Gasteiger partial charge on any atom is -0.378 e. The van der Waals surface area contributed by atoms with E-state index >= 15 is 0 Å². The van der Waals surface area contributed by atoms with Crippen molar-refractivity contribution in [2.24, 2.45) is 5.92 Å². The van der Waals surface area contributed by atoms with Gasteiger partial charge in [-0.25, -0.2) is 0 Å². The summed E-state index contributed by atoms with van der Waals surface area (Å²) in [6.45, 7) is 14.0. The highest BCUT2D eigenvalue weighted by Gasteiger charge is 2.30. The highest BCUT2D eigenvalue weighted by atomic mass is 16.5. The van der Waals surface area contributed by atoms with Crippen LogP contribution in [0.2, 0.25) is 0 Å². The Balaban J connectivity index is 1.76. The monoisotopic (exact) mass is 337 g/mol. The van der Waals surface area contributed by atoms with Crippen LogP contribution in [-0.4, -0.2) is 85.5 Å². The SMILES string of the molecule is C=C(C)CN(CC)C(=O)CN1CCC(C(=O)N2CCOCC2)CC1. The maximum absolute atomic E-state index is 12.5. The van der Waals surface area contributed by atoms with Gasteiger partial charge in [-0.2, -0.15) is 0 Å². The van der Waals surface area contributed by atoms with Gasteiger partial charge >= 0.3 is 0 Å². The van der Waals surface area contributed by atoms with Crippen molar-refractivity contribution in [2.75, 3.05) is 59.0 Å². The van der Waals surface area contributed by atoms with Gasteiger partial charge < -0.3 is 14.5 Å². The van der Waals surface area contributed by atoms with Gasteiger partial charge in [0.05, 0.1) is 19.8 Å². The molecule has 0 spiro atoms. The maximum Gasteiger partial charge on any atom is 0.237 e. The molecule has 0 bridgehead atoms. The summed E-state index contributed by atoms with van der Waals surface area (Å²) in [5, 5.41) is 0. The quantitative estimate of drug-likeness (QED) is 0.678. The summed E-state index contributed by atoms with van der Waals surface area (Å²) in [6, 6.07) is 0. The van der Waals surface area contributed by atoms with Crippen molar-refractivity contribution in [3.05, 3.63) is 12.2 Å². The topological polar surface area (TPSA) is 53.1 Å². The minimum atomic E-state index is 0.104. The molecule has 0 radical (unpaired) electrons. The first-order chi connectivity index (χ1) is 11.5. The lowest BCUT2D eigenvalue weighted by Crippen LogP contribution is -2.48. The van der Waals surface area contributed by atoms with Crippen LogP contribution in [0.3, 0.4) is 0 Å². The molecule has 2 rings (SSSR count). The van der Waals surface area contributed by atoms with Crippen LogP contribution in [-0.2, 0) is 14.3 Å². The van der Waals surface area contributed by atoms with Crippen molar-refractivity contribution in [1.82, 2.24) is 14.7 Å². The number of amides is 2. The fraction of sp³-hybridized carbons (Fsp3) is 0.778. The number of carbonyl (C=O) groups is 2. The average Bonchev–Trinajstić information content (AvgIpc) is 2.60. The molecule has 2 aliphatic rings. The Morgan fingerprint density at radius 1 is 1.17 bits per heavy atom. The van der Waals surface area contributed by atoms with Crippen LogP contribution >= 0.6 is 0 Å². The smallest absolute Gasteiger partial charge is 0.237 e. The molecular formula is C18H31N3O3. The standard InChI is InChI=1S/C18H31N3O3/c1-4-20(13-15(2)3)17(22)14-19-7-5-16(6-8-19)18(23)21-9-11-24-12-10-21/h16H,2,4-14H2,1,3H3. The number of hydrogen-bond acceptors (Lipinski definition) is 4. The molecule has 0 saturated carbocycles. The second-order valence-electron chi connectivity index (χ2n) is 6.85. The Hall–Kier alpha value is -1.40. The van der Waals surface area contributed by atoms with Crippen LogP contribution in [0, 0.1) is 5.92 Å². The third kappa shape index (κ3) is 5.31. The lowest BCUT2D eigenvalue weighted by molar-refractivity contribution is -0.141. The molecule has 0 atom stereocenters. The van der Waals surface area contributed by atoms with Gasteiger partial charge in [0.1, 0.15) is 0 Å². The van der Waals surface area contributed by atoms with Crippen molar-refractivity contribution < 1.29 is 14.3 Å². The predicted octanol–water partition coefficient (Wildman–Crippen LogP) is 0.982. The number of likely N-dealkylation sites (tertiary alicyclic amines) is 1. The summed E-state index contributed by atoms with van der Waals surface area (Å²) in [7, 11) is 0. The van der Waals surface area contributed by atoms with Crippen LogP contribution in [0.25, 0.3) is 0 Å². The number of rotatable bonds is 6. The third-order valence-electron chi connectivity index (χ3n) is 4.81. The summed E-state index contributed by atoms with van der Waals surface area (Å²) >= 11 is 0. The minimum absolute atomic E-state index is 0.104. The number of hydrogen-bond donors (Lipinski definition) is 0. The highest BCUT2D eigenvalue weighted by molar-refractivity contribution is 5.80. The number of carbonyl (C=O) groups excluding carboxylic acids is 2. The molecule has 0 aromatic rings. The van der Waals surface area contributed by atoms with Crippen molar-refractivity contribution in [1.29, 1.82) is 0 Å². The van der Waals surface area contributed by atoms with E-state index < -0.39 is 0 Å². The van der Waals surface area contributed by atoms with E-state index in [1.807, 2.05) is 23.6 Å². The first kappa shape index (κ1) is 18.9. The third-order valence-corrected chi connectivity index (χ3v) is 4.81. The Morgan fingerprint density at radius 2 is 1.79 bits per heavy atom. The van der Waals surface area contributed by atoms with Gasteiger partial charge in [0.2, 0.25) is 11.8 Å². The Kier molecular flexibility index (Phi) is 7.24. The maximum atomic E-state index is 12.5. The number of likely N-dealkylation sites (N-methyl/N-ethyl adjacent to an activating group) is 1. The van der Waals surface area contributed by atoms with Crippen LogP contribution in [0.1, 0.15) is 26.7 Å². The molecule has 0 aromatic heterocycles. The molecule has 0 unspecified atom stereocenters. The van der Waals surface area contributed by atoms with E-state index in [0.29, 0.717) is 45.9 Å². The molecule has 2 heterocycles. The van der Waals surface area contributed by atoms with Crippen LogP contribution in [0.5, 0.6) is 0 Å². The first-order valence-electron chi connectivity index (χ1n) is 9.02. The lowest BCUT2D eigenvalue weighted by Gasteiger charge is -2.35. The molecular weight excluding hydrogens is 306 g/mol. The van der Waals surface area contributed by atoms with Crippen LogP contribution in [0.4, 0.5) is 0 Å². The number of piperidine rings is 1. The molecule has 6 nitrogen and oxygen atoms in total. The van der Waals surface area contributed by atoms with E-state index in [1.165, 1.54) is 0 Å². The lowest BCUT2D eigenvalue weighted by atomic mass is 9.95. The highest BCUT2D eigenvalue weighted by Crippen LogP contribution is 2.20. The van der Waals surface area contributed by atoms with Gasteiger partial charge in [-0.1, -0.05) is 12.2 Å². The van der Waals surface area contributed by atoms with Crippen molar-refractivity contribution in [3.63, 3.8) is 0 Å².